The van der Waals surface area contributed by atoms with Crippen LogP contribution in [-0.2, 0) is 19.2 Å². The van der Waals surface area contributed by atoms with E-state index in [1.54, 1.807) is 42.5 Å². The highest BCUT2D eigenvalue weighted by atomic mass is 35.5. The second kappa shape index (κ2) is 7.81. The lowest BCUT2D eigenvalue weighted by molar-refractivity contribution is -0.139. The maximum Gasteiger partial charge on any atom is 0.316 e. The molecule has 3 amide bonds. The summed E-state index contributed by atoms with van der Waals surface area (Å²) in [5.41, 5.74) is 1.03. The molecule has 0 N–H and O–H groups in total. The zero-order valence-electron chi connectivity index (χ0n) is 18.1. The molecule has 1 saturated carbocycles. The summed E-state index contributed by atoms with van der Waals surface area (Å²) >= 11 is 6.03. The fourth-order valence-corrected chi connectivity index (χ4v) is 5.99. The number of imide groups is 1. The van der Waals surface area contributed by atoms with Crippen LogP contribution in [0, 0.1) is 29.6 Å². The van der Waals surface area contributed by atoms with Gasteiger partial charge < -0.3 is 9.64 Å². The summed E-state index contributed by atoms with van der Waals surface area (Å²) in [6.45, 7) is 0.194. The number of ether oxygens (including phenoxy) is 1. The highest BCUT2D eigenvalue weighted by Gasteiger charge is 2.59. The predicted octanol–water partition coefficient (Wildman–Crippen LogP) is 3.61. The number of carbonyl (C=O) groups is 4. The van der Waals surface area contributed by atoms with Crippen LogP contribution >= 0.6 is 11.6 Å². The van der Waals surface area contributed by atoms with Crippen LogP contribution in [0.25, 0.3) is 0 Å². The Hall–Kier alpha value is -3.45. The van der Waals surface area contributed by atoms with E-state index in [0.29, 0.717) is 16.4 Å². The van der Waals surface area contributed by atoms with Gasteiger partial charge in [0.25, 0.3) is 0 Å². The number of amides is 3. The normalized spacial score (nSPS) is 29.3. The van der Waals surface area contributed by atoms with Gasteiger partial charge in [-0.25, -0.2) is 4.90 Å². The van der Waals surface area contributed by atoms with Crippen molar-refractivity contribution in [2.24, 2.45) is 29.6 Å². The number of carbonyl (C=O) groups excluding carboxylic acids is 4. The molecule has 2 aliphatic carbocycles. The Morgan fingerprint density at radius 3 is 2.29 bits per heavy atom. The van der Waals surface area contributed by atoms with Crippen molar-refractivity contribution in [1.29, 1.82) is 0 Å². The molecule has 2 aliphatic heterocycles. The molecule has 2 heterocycles. The second-order valence-corrected chi connectivity index (χ2v) is 9.75. The number of esters is 1. The number of nitrogens with zero attached hydrogens (tertiary/aromatic N) is 2. The highest BCUT2D eigenvalue weighted by molar-refractivity contribution is 6.31. The molecule has 4 aliphatic rings. The maximum atomic E-state index is 13.1. The van der Waals surface area contributed by atoms with Crippen molar-refractivity contribution in [1.82, 2.24) is 0 Å². The van der Waals surface area contributed by atoms with E-state index in [0.717, 1.165) is 6.42 Å². The van der Waals surface area contributed by atoms with E-state index < -0.39 is 11.9 Å². The van der Waals surface area contributed by atoms with Crippen LogP contribution < -0.4 is 14.5 Å². The second-order valence-electron chi connectivity index (χ2n) is 9.32. The molecule has 8 heteroatoms. The van der Waals surface area contributed by atoms with E-state index >= 15 is 0 Å². The first kappa shape index (κ1) is 21.1. The van der Waals surface area contributed by atoms with E-state index in [2.05, 4.69) is 0 Å². The van der Waals surface area contributed by atoms with Crippen molar-refractivity contribution >= 4 is 46.7 Å². The van der Waals surface area contributed by atoms with Crippen molar-refractivity contribution in [2.45, 2.75) is 12.8 Å². The van der Waals surface area contributed by atoms with Crippen molar-refractivity contribution in [3.63, 3.8) is 0 Å². The maximum absolute atomic E-state index is 13.1. The highest BCUT2D eigenvalue weighted by Crippen LogP contribution is 2.53. The van der Waals surface area contributed by atoms with E-state index in [4.69, 9.17) is 16.3 Å². The molecule has 0 radical (unpaired) electrons. The molecule has 6 rings (SSSR count). The molecule has 0 unspecified atom stereocenters. The van der Waals surface area contributed by atoms with Crippen LogP contribution in [0.3, 0.4) is 0 Å². The van der Waals surface area contributed by atoms with Gasteiger partial charge in [-0.05, 0) is 48.6 Å². The molecular weight excluding hydrogens is 456 g/mol. The van der Waals surface area contributed by atoms with Crippen molar-refractivity contribution in [2.75, 3.05) is 16.3 Å². The lowest BCUT2D eigenvalue weighted by Crippen LogP contribution is -2.32. The van der Waals surface area contributed by atoms with E-state index in [9.17, 15) is 19.2 Å². The van der Waals surface area contributed by atoms with Gasteiger partial charge in [0.2, 0.25) is 17.7 Å². The first-order valence-corrected chi connectivity index (χ1v) is 11.7. The van der Waals surface area contributed by atoms with E-state index in [-0.39, 0.29) is 60.1 Å². The summed E-state index contributed by atoms with van der Waals surface area (Å²) in [5.74, 6) is -1.83. The summed E-state index contributed by atoms with van der Waals surface area (Å²) in [7, 11) is 0. The largest absolute Gasteiger partial charge is 0.426 e. The topological polar surface area (TPSA) is 84.0 Å². The SMILES string of the molecule is O=C(Oc1cccc(N2C(=O)[C@H]3[C@H](C2=O)[C@H]2C=C[C@H]3C2)c1)[C@@H]1CC(=O)N(c2cccc(Cl)c2)C1. The minimum absolute atomic E-state index is 0.0350. The number of anilines is 2. The number of hydrogen-bond acceptors (Lipinski definition) is 5. The minimum Gasteiger partial charge on any atom is -0.426 e. The number of halogens is 1. The molecular formula is C26H21ClN2O5. The average Bonchev–Trinajstić information content (AvgIpc) is 3.57. The van der Waals surface area contributed by atoms with Gasteiger partial charge in [0, 0.05) is 29.7 Å². The van der Waals surface area contributed by atoms with Gasteiger partial charge in [0.1, 0.15) is 5.75 Å². The van der Waals surface area contributed by atoms with Crippen LogP contribution in [0.15, 0.2) is 60.7 Å². The first-order valence-electron chi connectivity index (χ1n) is 11.3. The van der Waals surface area contributed by atoms with Crippen molar-refractivity contribution in [3.8, 4) is 5.75 Å². The Labute approximate surface area is 200 Å². The van der Waals surface area contributed by atoms with Crippen LogP contribution in [0.5, 0.6) is 5.75 Å². The third kappa shape index (κ3) is 3.26. The molecule has 0 spiro atoms. The molecule has 34 heavy (non-hydrogen) atoms. The quantitative estimate of drug-likeness (QED) is 0.291. The van der Waals surface area contributed by atoms with Gasteiger partial charge in [0.15, 0.2) is 0 Å². The lowest BCUT2D eigenvalue weighted by atomic mass is 9.85. The van der Waals surface area contributed by atoms with Crippen LogP contribution in [0.4, 0.5) is 11.4 Å². The number of rotatable bonds is 4. The zero-order chi connectivity index (χ0) is 23.6. The monoisotopic (exact) mass is 476 g/mol. The molecule has 2 aromatic rings. The van der Waals surface area contributed by atoms with Crippen molar-refractivity contribution < 1.29 is 23.9 Å². The molecule has 2 bridgehead atoms. The number of hydrogen-bond donors (Lipinski definition) is 0. The first-order chi connectivity index (χ1) is 16.4. The van der Waals surface area contributed by atoms with Gasteiger partial charge in [-0.3, -0.25) is 19.2 Å². The average molecular weight is 477 g/mol. The van der Waals surface area contributed by atoms with Gasteiger partial charge in [0.05, 0.1) is 23.4 Å². The number of allylic oxidation sites excluding steroid dienone is 2. The Balaban J connectivity index is 1.17. The molecule has 2 saturated heterocycles. The van der Waals surface area contributed by atoms with E-state index in [1.807, 2.05) is 12.2 Å². The number of benzene rings is 2. The fraction of sp³-hybridized carbons (Fsp3) is 0.308. The van der Waals surface area contributed by atoms with Gasteiger partial charge in [-0.1, -0.05) is 35.9 Å². The molecule has 172 valence electrons. The molecule has 2 aromatic carbocycles. The lowest BCUT2D eigenvalue weighted by Gasteiger charge is -2.18. The Bertz CT molecular complexity index is 1240. The van der Waals surface area contributed by atoms with Crippen LogP contribution in [0.2, 0.25) is 5.02 Å². The van der Waals surface area contributed by atoms with Gasteiger partial charge in [-0.15, -0.1) is 0 Å². The Kier molecular flexibility index (Phi) is 4.85. The standard InChI is InChI=1S/C26H21ClN2O5/c27-17-3-1-4-18(11-17)28-13-16(10-21(28)30)26(33)34-20-6-2-5-19(12-20)29-24(31)22-14-7-8-15(9-14)23(22)25(29)32/h1-8,11-12,14-16,22-23H,9-10,13H2/t14-,15-,16+,22+,23+/m0/s1. The van der Waals surface area contributed by atoms with Gasteiger partial charge in [-0.2, -0.15) is 0 Å². The Morgan fingerprint density at radius 2 is 1.59 bits per heavy atom. The van der Waals surface area contributed by atoms with Gasteiger partial charge >= 0.3 is 5.97 Å². The molecule has 7 nitrogen and oxygen atoms in total. The molecule has 3 fully saturated rings. The summed E-state index contributed by atoms with van der Waals surface area (Å²) in [6.07, 6.45) is 5.00. The number of fused-ring (bicyclic) bond motifs is 5. The fourth-order valence-electron chi connectivity index (χ4n) is 5.80. The van der Waals surface area contributed by atoms with E-state index in [1.165, 1.54) is 15.9 Å². The zero-order valence-corrected chi connectivity index (χ0v) is 18.9. The van der Waals surface area contributed by atoms with Crippen molar-refractivity contribution in [3.05, 3.63) is 65.7 Å². The summed E-state index contributed by atoms with van der Waals surface area (Å²) in [5, 5.41) is 0.507. The molecule has 5 atom stereocenters. The summed E-state index contributed by atoms with van der Waals surface area (Å²) in [4.78, 5) is 54.2. The smallest absolute Gasteiger partial charge is 0.316 e. The molecule has 0 aromatic heterocycles. The Morgan fingerprint density at radius 1 is 0.912 bits per heavy atom. The third-order valence-electron chi connectivity index (χ3n) is 7.34. The predicted molar refractivity (Wildman–Crippen MR) is 124 cm³/mol. The summed E-state index contributed by atoms with van der Waals surface area (Å²) < 4.78 is 5.57. The minimum atomic E-state index is -0.633. The summed E-state index contributed by atoms with van der Waals surface area (Å²) in [6, 6.07) is 13.4. The van der Waals surface area contributed by atoms with Crippen LogP contribution in [0.1, 0.15) is 12.8 Å². The van der Waals surface area contributed by atoms with Crippen LogP contribution in [-0.4, -0.2) is 30.2 Å². The third-order valence-corrected chi connectivity index (χ3v) is 7.58.